The Morgan fingerprint density at radius 3 is 2.06 bits per heavy atom. The van der Waals surface area contributed by atoms with Gasteiger partial charge >= 0.3 is 0 Å². The number of rotatable bonds is 2. The molecular formula is C14H15FO2S. The molecule has 2 nitrogen and oxygen atoms in total. The normalized spacial score (nSPS) is 21.9. The maximum Gasteiger partial charge on any atom is 0.276 e. The second kappa shape index (κ2) is 4.50. The first-order valence-corrected chi connectivity index (χ1v) is 6.65. The zero-order valence-corrected chi connectivity index (χ0v) is 11.2. The Hall–Kier alpha value is -1.16. The summed E-state index contributed by atoms with van der Waals surface area (Å²) in [6, 6.07) is 8.72. The van der Waals surface area contributed by atoms with Crippen molar-refractivity contribution in [2.75, 3.05) is 0 Å². The Bertz CT molecular complexity index is 462. The molecule has 1 saturated carbocycles. The zero-order chi connectivity index (χ0) is 13.4. The minimum absolute atomic E-state index is 0.106. The largest absolute Gasteiger partial charge is 0.295 e. The molecule has 96 valence electrons. The number of hydrogen-bond donors (Lipinski definition) is 0. The lowest BCUT2D eigenvalue weighted by atomic mass is 9.75. The third-order valence-corrected chi connectivity index (χ3v) is 4.24. The number of carbonyl (C=O) groups excluding carboxylic acids is 2. The predicted octanol–water partition coefficient (Wildman–Crippen LogP) is 3.40. The van der Waals surface area contributed by atoms with Crippen molar-refractivity contribution in [3.05, 3.63) is 30.3 Å². The van der Waals surface area contributed by atoms with Crippen molar-refractivity contribution in [2.45, 2.75) is 36.6 Å². The first kappa shape index (κ1) is 13.3. The number of hydrogen-bond acceptors (Lipinski definition) is 3. The van der Waals surface area contributed by atoms with Gasteiger partial charge in [-0.15, -0.1) is 0 Å². The van der Waals surface area contributed by atoms with E-state index in [1.54, 1.807) is 24.3 Å². The molecular weight excluding hydrogens is 251 g/mol. The Morgan fingerprint density at radius 2 is 1.56 bits per heavy atom. The van der Waals surface area contributed by atoms with Crippen LogP contribution in [-0.2, 0) is 9.59 Å². The van der Waals surface area contributed by atoms with E-state index < -0.39 is 22.0 Å². The molecule has 0 N–H and O–H groups in total. The maximum atomic E-state index is 14.7. The summed E-state index contributed by atoms with van der Waals surface area (Å²) in [5.74, 6) is -1.23. The van der Waals surface area contributed by atoms with Gasteiger partial charge in [-0.05, 0) is 17.5 Å². The fraction of sp³-hybridized carbons (Fsp3) is 0.429. The summed E-state index contributed by atoms with van der Waals surface area (Å²) in [6.45, 7) is 3.63. The Morgan fingerprint density at radius 1 is 1.06 bits per heavy atom. The highest BCUT2D eigenvalue weighted by atomic mass is 32.2. The van der Waals surface area contributed by atoms with Gasteiger partial charge in [-0.2, -0.15) is 0 Å². The highest BCUT2D eigenvalue weighted by molar-refractivity contribution is 8.02. The fourth-order valence-electron chi connectivity index (χ4n) is 2.08. The number of ketones is 2. The van der Waals surface area contributed by atoms with Gasteiger partial charge in [-0.3, -0.25) is 9.59 Å². The molecule has 0 heterocycles. The molecule has 1 aromatic rings. The highest BCUT2D eigenvalue weighted by Crippen LogP contribution is 2.45. The Kier molecular flexibility index (Phi) is 3.32. The topological polar surface area (TPSA) is 34.1 Å². The quantitative estimate of drug-likeness (QED) is 0.769. The third kappa shape index (κ3) is 2.48. The van der Waals surface area contributed by atoms with Crippen molar-refractivity contribution < 1.29 is 14.0 Å². The van der Waals surface area contributed by atoms with E-state index >= 15 is 0 Å². The van der Waals surface area contributed by atoms with Crippen LogP contribution in [0.5, 0.6) is 0 Å². The Balaban J connectivity index is 2.25. The molecule has 0 spiro atoms. The van der Waals surface area contributed by atoms with E-state index in [4.69, 9.17) is 0 Å². The second-order valence-electron chi connectivity index (χ2n) is 5.37. The molecule has 1 aromatic carbocycles. The molecule has 0 amide bonds. The molecule has 18 heavy (non-hydrogen) atoms. The maximum absolute atomic E-state index is 14.7. The number of halogens is 1. The van der Waals surface area contributed by atoms with Crippen LogP contribution in [-0.4, -0.2) is 16.6 Å². The van der Waals surface area contributed by atoms with Gasteiger partial charge in [-0.1, -0.05) is 43.8 Å². The van der Waals surface area contributed by atoms with Gasteiger partial charge in [0, 0.05) is 17.7 Å². The molecule has 0 unspecified atom stereocenters. The lowest BCUT2D eigenvalue weighted by Crippen LogP contribution is -2.47. The van der Waals surface area contributed by atoms with Gasteiger partial charge in [-0.25, -0.2) is 4.39 Å². The van der Waals surface area contributed by atoms with Crippen LogP contribution >= 0.6 is 11.8 Å². The van der Waals surface area contributed by atoms with Crippen LogP contribution in [0.4, 0.5) is 4.39 Å². The summed E-state index contributed by atoms with van der Waals surface area (Å²) in [5.41, 5.74) is -0.430. The lowest BCUT2D eigenvalue weighted by molar-refractivity contribution is -0.143. The molecule has 1 fully saturated rings. The molecule has 0 aliphatic heterocycles. The van der Waals surface area contributed by atoms with E-state index in [9.17, 15) is 14.0 Å². The van der Waals surface area contributed by atoms with Gasteiger partial charge in [0.25, 0.3) is 5.00 Å². The highest BCUT2D eigenvalue weighted by Gasteiger charge is 2.53. The van der Waals surface area contributed by atoms with Crippen LogP contribution in [0.3, 0.4) is 0 Å². The van der Waals surface area contributed by atoms with Gasteiger partial charge < -0.3 is 0 Å². The van der Waals surface area contributed by atoms with Crippen LogP contribution in [0.25, 0.3) is 0 Å². The van der Waals surface area contributed by atoms with E-state index in [0.717, 1.165) is 11.8 Å². The van der Waals surface area contributed by atoms with Gasteiger partial charge in [0.15, 0.2) is 11.6 Å². The van der Waals surface area contributed by atoms with Crippen molar-refractivity contribution >= 4 is 23.3 Å². The zero-order valence-electron chi connectivity index (χ0n) is 10.4. The number of Topliss-reactive ketones (excluding diaryl/α,β-unsaturated/α-hetero) is 2. The summed E-state index contributed by atoms with van der Waals surface area (Å²) >= 11 is 0.718. The number of benzene rings is 1. The van der Waals surface area contributed by atoms with E-state index in [1.165, 1.54) is 0 Å². The second-order valence-corrected chi connectivity index (χ2v) is 6.61. The number of alkyl halides is 1. The van der Waals surface area contributed by atoms with E-state index in [-0.39, 0.29) is 12.8 Å². The van der Waals surface area contributed by atoms with E-state index in [0.29, 0.717) is 4.90 Å². The molecule has 4 heteroatoms. The monoisotopic (exact) mass is 266 g/mol. The number of thioether (sulfide) groups is 1. The van der Waals surface area contributed by atoms with Crippen LogP contribution < -0.4 is 0 Å². The first-order valence-electron chi connectivity index (χ1n) is 5.83. The van der Waals surface area contributed by atoms with Crippen molar-refractivity contribution in [2.24, 2.45) is 5.41 Å². The van der Waals surface area contributed by atoms with E-state index in [1.807, 2.05) is 19.9 Å². The molecule has 2 rings (SSSR count). The molecule has 0 radical (unpaired) electrons. The summed E-state index contributed by atoms with van der Waals surface area (Å²) in [7, 11) is 0. The average molecular weight is 266 g/mol. The van der Waals surface area contributed by atoms with Crippen LogP contribution in [0.2, 0.25) is 0 Å². The standard InChI is InChI=1S/C14H15FO2S/c1-13(2)8-11(16)14(15,12(17)9-13)18-10-6-4-3-5-7-10/h3-7H,8-9H2,1-2H3. The predicted molar refractivity (Wildman–Crippen MR) is 69.2 cm³/mol. The van der Waals surface area contributed by atoms with Crippen LogP contribution in [0, 0.1) is 5.41 Å². The SMILES string of the molecule is CC1(C)CC(=O)C(F)(Sc2ccccc2)C(=O)C1. The van der Waals surface area contributed by atoms with Gasteiger partial charge in [0.2, 0.25) is 0 Å². The molecule has 1 aliphatic carbocycles. The first-order chi connectivity index (χ1) is 8.33. The van der Waals surface area contributed by atoms with E-state index in [2.05, 4.69) is 0 Å². The molecule has 0 aromatic heterocycles. The molecule has 0 bridgehead atoms. The van der Waals surface area contributed by atoms with Crippen LogP contribution in [0.15, 0.2) is 35.2 Å². The summed E-state index contributed by atoms with van der Waals surface area (Å²) in [4.78, 5) is 24.5. The lowest BCUT2D eigenvalue weighted by Gasteiger charge is -2.35. The van der Waals surface area contributed by atoms with Crippen molar-refractivity contribution in [1.82, 2.24) is 0 Å². The van der Waals surface area contributed by atoms with Gasteiger partial charge in [0.1, 0.15) is 0 Å². The smallest absolute Gasteiger partial charge is 0.276 e. The molecule has 0 atom stereocenters. The van der Waals surface area contributed by atoms with Crippen molar-refractivity contribution in [3.8, 4) is 0 Å². The van der Waals surface area contributed by atoms with Gasteiger partial charge in [0.05, 0.1) is 0 Å². The van der Waals surface area contributed by atoms with Crippen molar-refractivity contribution in [1.29, 1.82) is 0 Å². The average Bonchev–Trinajstić information content (AvgIpc) is 2.27. The summed E-state index contributed by atoms with van der Waals surface area (Å²) in [6.07, 6.45) is 0.212. The third-order valence-electron chi connectivity index (χ3n) is 3.00. The minimum atomic E-state index is -2.41. The summed E-state index contributed by atoms with van der Waals surface area (Å²) < 4.78 is 14.7. The molecule has 1 aliphatic rings. The molecule has 0 saturated heterocycles. The Labute approximate surface area is 110 Å². The van der Waals surface area contributed by atoms with Crippen LogP contribution in [0.1, 0.15) is 26.7 Å². The number of carbonyl (C=O) groups is 2. The fourth-order valence-corrected chi connectivity index (χ4v) is 3.07. The minimum Gasteiger partial charge on any atom is -0.295 e. The summed E-state index contributed by atoms with van der Waals surface area (Å²) in [5, 5.41) is -2.41. The van der Waals surface area contributed by atoms with Crippen molar-refractivity contribution in [3.63, 3.8) is 0 Å².